The Morgan fingerprint density at radius 1 is 0.654 bits per heavy atom. The molecular weight excluding hydrogens is 364 g/mol. The summed E-state index contributed by atoms with van der Waals surface area (Å²) >= 11 is 0. The molecule has 0 spiro atoms. The van der Waals surface area contributed by atoms with Crippen LogP contribution < -0.4 is 0 Å². The standard InChI is InChI=1S/C20H28N2O2S2/c1-17(2)25(23,19-11-7-5-8-12-19)21-15-16-22-26(24,18(3)4)20-13-9-6-10-14-20/h5-14,17-18H,15-16H2,1-4H3. The molecule has 2 unspecified atom stereocenters. The van der Waals surface area contributed by atoms with Crippen molar-refractivity contribution in [2.24, 2.45) is 8.73 Å². The lowest BCUT2D eigenvalue weighted by atomic mass is 10.4. The van der Waals surface area contributed by atoms with E-state index >= 15 is 0 Å². The Kier molecular flexibility index (Phi) is 7.01. The van der Waals surface area contributed by atoms with E-state index in [1.54, 1.807) is 0 Å². The third-order valence-corrected chi connectivity index (χ3v) is 9.69. The highest BCUT2D eigenvalue weighted by atomic mass is 32.2. The van der Waals surface area contributed by atoms with Crippen molar-refractivity contribution in [1.82, 2.24) is 0 Å². The van der Waals surface area contributed by atoms with Crippen molar-refractivity contribution in [3.63, 3.8) is 0 Å². The third-order valence-electron chi connectivity index (χ3n) is 4.11. The zero-order valence-corrected chi connectivity index (χ0v) is 17.5. The molecule has 0 aliphatic heterocycles. The van der Waals surface area contributed by atoms with Crippen molar-refractivity contribution in [2.45, 2.75) is 48.0 Å². The molecule has 0 radical (unpaired) electrons. The SMILES string of the molecule is CC(C)S(=O)(=NCCN=S(=O)(c1ccccc1)C(C)C)c1ccccc1. The van der Waals surface area contributed by atoms with E-state index in [1.165, 1.54) is 0 Å². The Hall–Kier alpha value is -1.66. The molecule has 142 valence electrons. The van der Waals surface area contributed by atoms with Gasteiger partial charge in [-0.15, -0.1) is 0 Å². The predicted octanol–water partition coefficient (Wildman–Crippen LogP) is 4.86. The van der Waals surface area contributed by atoms with Gasteiger partial charge in [-0.2, -0.15) is 0 Å². The third kappa shape index (κ3) is 4.54. The summed E-state index contributed by atoms with van der Waals surface area (Å²) in [5.74, 6) is 0. The smallest absolute Gasteiger partial charge is 0.0776 e. The first-order valence-corrected chi connectivity index (χ1v) is 12.0. The van der Waals surface area contributed by atoms with Crippen molar-refractivity contribution in [3.05, 3.63) is 60.7 Å². The van der Waals surface area contributed by atoms with E-state index < -0.39 is 19.5 Å². The molecule has 0 bridgehead atoms. The minimum atomic E-state index is -2.51. The van der Waals surface area contributed by atoms with Gasteiger partial charge < -0.3 is 0 Å². The average Bonchev–Trinajstić information content (AvgIpc) is 2.66. The van der Waals surface area contributed by atoms with Gasteiger partial charge in [0.05, 0.1) is 32.5 Å². The summed E-state index contributed by atoms with van der Waals surface area (Å²) in [6.07, 6.45) is 0. The first-order chi connectivity index (χ1) is 12.3. The van der Waals surface area contributed by atoms with Gasteiger partial charge in [0.1, 0.15) is 0 Å². The number of hydrogen-bond acceptors (Lipinski definition) is 4. The summed E-state index contributed by atoms with van der Waals surface area (Å²) in [7, 11) is -5.03. The molecule has 0 N–H and O–H groups in total. The van der Waals surface area contributed by atoms with Crippen LogP contribution in [0.2, 0.25) is 0 Å². The van der Waals surface area contributed by atoms with Gasteiger partial charge in [-0.05, 0) is 52.0 Å². The van der Waals surface area contributed by atoms with Crippen molar-refractivity contribution >= 4 is 19.5 Å². The van der Waals surface area contributed by atoms with Crippen LogP contribution in [-0.2, 0) is 19.5 Å². The lowest BCUT2D eigenvalue weighted by Crippen LogP contribution is -2.17. The summed E-state index contributed by atoms with van der Waals surface area (Å²) < 4.78 is 35.7. The topological polar surface area (TPSA) is 58.9 Å². The molecule has 0 aromatic heterocycles. The van der Waals surface area contributed by atoms with Gasteiger partial charge in [0.15, 0.2) is 0 Å². The fourth-order valence-electron chi connectivity index (χ4n) is 2.58. The van der Waals surface area contributed by atoms with E-state index in [1.807, 2.05) is 88.4 Å². The van der Waals surface area contributed by atoms with Gasteiger partial charge in [0.2, 0.25) is 0 Å². The van der Waals surface area contributed by atoms with Crippen LogP contribution in [0.3, 0.4) is 0 Å². The van der Waals surface area contributed by atoms with Crippen LogP contribution in [0.1, 0.15) is 27.7 Å². The Morgan fingerprint density at radius 3 is 1.23 bits per heavy atom. The highest BCUT2D eigenvalue weighted by molar-refractivity contribution is 7.94. The van der Waals surface area contributed by atoms with Gasteiger partial charge >= 0.3 is 0 Å². The lowest BCUT2D eigenvalue weighted by Gasteiger charge is -2.15. The second-order valence-corrected chi connectivity index (χ2v) is 12.2. The van der Waals surface area contributed by atoms with Gasteiger partial charge in [-0.3, -0.25) is 0 Å². The van der Waals surface area contributed by atoms with E-state index in [4.69, 9.17) is 0 Å². The molecule has 0 aliphatic rings. The maximum Gasteiger partial charge on any atom is 0.0776 e. The van der Waals surface area contributed by atoms with E-state index in [0.29, 0.717) is 13.1 Å². The predicted molar refractivity (Wildman–Crippen MR) is 111 cm³/mol. The molecule has 0 saturated carbocycles. The van der Waals surface area contributed by atoms with Crippen LogP contribution in [0.15, 0.2) is 79.2 Å². The second kappa shape index (κ2) is 8.82. The number of benzene rings is 2. The molecule has 26 heavy (non-hydrogen) atoms. The Morgan fingerprint density at radius 2 is 0.962 bits per heavy atom. The van der Waals surface area contributed by atoms with Crippen molar-refractivity contribution in [2.75, 3.05) is 13.1 Å². The quantitative estimate of drug-likeness (QED) is 0.632. The molecule has 4 nitrogen and oxygen atoms in total. The number of hydrogen-bond donors (Lipinski definition) is 0. The molecule has 0 aliphatic carbocycles. The fourth-order valence-corrected chi connectivity index (χ4v) is 6.36. The fraction of sp³-hybridized carbons (Fsp3) is 0.400. The highest BCUT2D eigenvalue weighted by Gasteiger charge is 2.18. The largest absolute Gasteiger partial charge is 0.244 e. The molecular formula is C20H28N2O2S2. The zero-order chi connectivity index (χ0) is 19.2. The first kappa shape index (κ1) is 20.6. The molecule has 0 fully saturated rings. The maximum atomic E-state index is 13.3. The minimum absolute atomic E-state index is 0.103. The molecule has 0 amide bonds. The summed E-state index contributed by atoms with van der Waals surface area (Å²) in [5.41, 5.74) is 0. The summed E-state index contributed by atoms with van der Waals surface area (Å²) in [4.78, 5) is 1.48. The van der Waals surface area contributed by atoms with Crippen LogP contribution in [-0.4, -0.2) is 32.0 Å². The van der Waals surface area contributed by atoms with E-state index in [9.17, 15) is 8.42 Å². The molecule has 0 saturated heterocycles. The van der Waals surface area contributed by atoms with Gasteiger partial charge in [0, 0.05) is 20.3 Å². The van der Waals surface area contributed by atoms with Crippen molar-refractivity contribution < 1.29 is 8.42 Å². The molecule has 2 aromatic rings. The zero-order valence-electron chi connectivity index (χ0n) is 15.9. The van der Waals surface area contributed by atoms with Crippen LogP contribution in [0.4, 0.5) is 0 Å². The van der Waals surface area contributed by atoms with Crippen LogP contribution >= 0.6 is 0 Å². The molecule has 2 atom stereocenters. The minimum Gasteiger partial charge on any atom is -0.244 e. The molecule has 2 rings (SSSR count). The summed E-state index contributed by atoms with van der Waals surface area (Å²) in [5, 5.41) is -0.207. The molecule has 6 heteroatoms. The van der Waals surface area contributed by atoms with Crippen LogP contribution in [0.25, 0.3) is 0 Å². The van der Waals surface area contributed by atoms with E-state index in [2.05, 4.69) is 8.73 Å². The summed E-state index contributed by atoms with van der Waals surface area (Å²) in [6.45, 7) is 8.24. The second-order valence-electron chi connectivity index (χ2n) is 6.57. The Bertz CT molecular complexity index is 857. The Balaban J connectivity index is 2.31. The maximum absolute atomic E-state index is 13.3. The highest BCUT2D eigenvalue weighted by Crippen LogP contribution is 2.20. The molecule has 2 aromatic carbocycles. The number of rotatable bonds is 7. The van der Waals surface area contributed by atoms with Gasteiger partial charge in [0.25, 0.3) is 0 Å². The number of nitrogens with zero attached hydrogens (tertiary/aromatic N) is 2. The van der Waals surface area contributed by atoms with Crippen molar-refractivity contribution in [3.8, 4) is 0 Å². The van der Waals surface area contributed by atoms with Crippen LogP contribution in [0.5, 0.6) is 0 Å². The van der Waals surface area contributed by atoms with E-state index in [0.717, 1.165) is 9.79 Å². The van der Waals surface area contributed by atoms with Crippen molar-refractivity contribution in [1.29, 1.82) is 0 Å². The average molecular weight is 393 g/mol. The van der Waals surface area contributed by atoms with Crippen LogP contribution in [0, 0.1) is 0 Å². The normalized spacial score (nSPS) is 16.1. The van der Waals surface area contributed by atoms with Gasteiger partial charge in [-0.1, -0.05) is 36.4 Å². The van der Waals surface area contributed by atoms with E-state index in [-0.39, 0.29) is 10.5 Å². The first-order valence-electron chi connectivity index (χ1n) is 8.84. The van der Waals surface area contributed by atoms with Gasteiger partial charge in [-0.25, -0.2) is 17.1 Å². The Labute approximate surface area is 158 Å². The summed E-state index contributed by atoms with van der Waals surface area (Å²) in [6, 6.07) is 18.7. The monoisotopic (exact) mass is 392 g/mol. The molecule has 0 heterocycles. The lowest BCUT2D eigenvalue weighted by molar-refractivity contribution is 0.663.